The molecule has 1 N–H and O–H groups in total. The lowest BCUT2D eigenvalue weighted by Gasteiger charge is -2.06. The standard InChI is InChI=1S/C14H19N5S/c1-5-15-8-12-13(16-14-18(12)6-7-20-14)19-11(4)9(2)10(3)17-19/h6-7,15H,5,8H2,1-4H3. The van der Waals surface area contributed by atoms with Crippen molar-refractivity contribution >= 4 is 16.3 Å². The van der Waals surface area contributed by atoms with Crippen molar-refractivity contribution in [2.24, 2.45) is 0 Å². The Morgan fingerprint density at radius 2 is 2.10 bits per heavy atom. The predicted octanol–water partition coefficient (Wildman–Crippen LogP) is 2.62. The molecule has 0 atom stereocenters. The lowest BCUT2D eigenvalue weighted by atomic mass is 10.2. The van der Waals surface area contributed by atoms with Crippen molar-refractivity contribution in [2.45, 2.75) is 34.2 Å². The predicted molar refractivity (Wildman–Crippen MR) is 81.8 cm³/mol. The minimum absolute atomic E-state index is 0.793. The molecule has 0 radical (unpaired) electrons. The van der Waals surface area contributed by atoms with E-state index < -0.39 is 0 Å². The summed E-state index contributed by atoms with van der Waals surface area (Å²) >= 11 is 1.65. The normalized spacial score (nSPS) is 11.6. The first-order valence-corrected chi connectivity index (χ1v) is 7.69. The Morgan fingerprint density at radius 3 is 2.75 bits per heavy atom. The fourth-order valence-electron chi connectivity index (χ4n) is 2.33. The molecule has 0 saturated carbocycles. The van der Waals surface area contributed by atoms with Crippen LogP contribution in [0.5, 0.6) is 0 Å². The smallest absolute Gasteiger partial charge is 0.196 e. The summed E-state index contributed by atoms with van der Waals surface area (Å²) in [6.45, 7) is 10.1. The molecule has 0 fully saturated rings. The minimum Gasteiger partial charge on any atom is -0.311 e. The van der Waals surface area contributed by atoms with Gasteiger partial charge in [-0.1, -0.05) is 6.92 Å². The third-order valence-corrected chi connectivity index (χ3v) is 4.49. The number of nitrogens with one attached hydrogen (secondary N) is 1. The molecule has 0 amide bonds. The second kappa shape index (κ2) is 5.03. The van der Waals surface area contributed by atoms with Gasteiger partial charge in [-0.25, -0.2) is 4.68 Å². The zero-order chi connectivity index (χ0) is 14.3. The van der Waals surface area contributed by atoms with E-state index in [1.165, 1.54) is 5.56 Å². The molecular weight excluding hydrogens is 270 g/mol. The zero-order valence-electron chi connectivity index (χ0n) is 12.3. The first kappa shape index (κ1) is 13.3. The fraction of sp³-hybridized carbons (Fsp3) is 0.429. The van der Waals surface area contributed by atoms with E-state index >= 15 is 0 Å². The van der Waals surface area contributed by atoms with Gasteiger partial charge >= 0.3 is 0 Å². The SMILES string of the molecule is CCNCc1c(-n2nc(C)c(C)c2C)nc2sccn12. The summed E-state index contributed by atoms with van der Waals surface area (Å²) in [7, 11) is 0. The van der Waals surface area contributed by atoms with Crippen LogP contribution in [0.2, 0.25) is 0 Å². The zero-order valence-corrected chi connectivity index (χ0v) is 13.1. The maximum absolute atomic E-state index is 4.75. The molecular formula is C14H19N5S. The summed E-state index contributed by atoms with van der Waals surface area (Å²) < 4.78 is 4.12. The quantitative estimate of drug-likeness (QED) is 0.803. The van der Waals surface area contributed by atoms with Gasteiger partial charge in [0.2, 0.25) is 0 Å². The van der Waals surface area contributed by atoms with Gasteiger partial charge < -0.3 is 5.32 Å². The third kappa shape index (κ3) is 1.96. The maximum Gasteiger partial charge on any atom is 0.196 e. The van der Waals surface area contributed by atoms with Crippen molar-refractivity contribution in [1.29, 1.82) is 0 Å². The fourth-order valence-corrected chi connectivity index (χ4v) is 3.05. The van der Waals surface area contributed by atoms with Crippen LogP contribution < -0.4 is 5.32 Å². The van der Waals surface area contributed by atoms with E-state index in [1.54, 1.807) is 11.3 Å². The van der Waals surface area contributed by atoms with Gasteiger partial charge in [-0.2, -0.15) is 10.1 Å². The highest BCUT2D eigenvalue weighted by Crippen LogP contribution is 2.23. The number of nitrogens with zero attached hydrogens (tertiary/aromatic N) is 4. The molecule has 5 nitrogen and oxygen atoms in total. The molecule has 0 saturated heterocycles. The summed E-state index contributed by atoms with van der Waals surface area (Å²) in [5, 5.41) is 10.1. The highest BCUT2D eigenvalue weighted by atomic mass is 32.1. The molecule has 0 unspecified atom stereocenters. The van der Waals surface area contributed by atoms with E-state index in [4.69, 9.17) is 4.98 Å². The molecule has 0 aliphatic rings. The molecule has 0 bridgehead atoms. The monoisotopic (exact) mass is 289 g/mol. The summed E-state index contributed by atoms with van der Waals surface area (Å²) in [5.41, 5.74) is 4.61. The van der Waals surface area contributed by atoms with E-state index in [0.29, 0.717) is 0 Å². The second-order valence-electron chi connectivity index (χ2n) is 4.93. The van der Waals surface area contributed by atoms with Gasteiger partial charge in [0, 0.05) is 23.8 Å². The number of aromatic nitrogens is 4. The van der Waals surface area contributed by atoms with Gasteiger partial charge in [0.15, 0.2) is 10.8 Å². The molecule has 0 aliphatic heterocycles. The Labute approximate surface area is 122 Å². The first-order chi connectivity index (χ1) is 9.63. The van der Waals surface area contributed by atoms with Crippen molar-refractivity contribution in [3.8, 4) is 5.82 Å². The molecule has 106 valence electrons. The van der Waals surface area contributed by atoms with Crippen LogP contribution in [0.15, 0.2) is 11.6 Å². The average Bonchev–Trinajstić information content (AvgIpc) is 3.07. The van der Waals surface area contributed by atoms with E-state index in [0.717, 1.165) is 41.0 Å². The van der Waals surface area contributed by atoms with Crippen LogP contribution in [-0.2, 0) is 6.54 Å². The number of aryl methyl sites for hydroxylation is 1. The summed E-state index contributed by atoms with van der Waals surface area (Å²) in [5.74, 6) is 0.937. The Kier molecular flexibility index (Phi) is 3.35. The van der Waals surface area contributed by atoms with Crippen LogP contribution in [0.4, 0.5) is 0 Å². The van der Waals surface area contributed by atoms with Gasteiger partial charge in [0.25, 0.3) is 0 Å². The molecule has 3 rings (SSSR count). The Balaban J connectivity index is 2.18. The van der Waals surface area contributed by atoms with Gasteiger partial charge in [-0.05, 0) is 32.9 Å². The van der Waals surface area contributed by atoms with Crippen LogP contribution in [-0.4, -0.2) is 25.7 Å². The van der Waals surface area contributed by atoms with Gasteiger partial charge in [0.05, 0.1) is 11.4 Å². The average molecular weight is 289 g/mol. The van der Waals surface area contributed by atoms with Gasteiger partial charge in [-0.3, -0.25) is 4.40 Å². The van der Waals surface area contributed by atoms with Crippen molar-refractivity contribution in [3.63, 3.8) is 0 Å². The number of hydrogen-bond acceptors (Lipinski definition) is 4. The molecule has 6 heteroatoms. The van der Waals surface area contributed by atoms with Crippen molar-refractivity contribution in [2.75, 3.05) is 6.54 Å². The lowest BCUT2D eigenvalue weighted by molar-refractivity contribution is 0.691. The molecule has 0 spiro atoms. The van der Waals surface area contributed by atoms with Crippen molar-refractivity contribution in [3.05, 3.63) is 34.2 Å². The third-order valence-electron chi connectivity index (χ3n) is 3.74. The number of thiazole rings is 1. The highest BCUT2D eigenvalue weighted by Gasteiger charge is 2.18. The summed E-state index contributed by atoms with van der Waals surface area (Å²) in [6, 6.07) is 0. The number of fused-ring (bicyclic) bond motifs is 1. The van der Waals surface area contributed by atoms with E-state index in [2.05, 4.69) is 47.2 Å². The van der Waals surface area contributed by atoms with Crippen molar-refractivity contribution in [1.82, 2.24) is 24.5 Å². The minimum atomic E-state index is 0.793. The summed E-state index contributed by atoms with van der Waals surface area (Å²) in [6.07, 6.45) is 2.07. The molecule has 3 aromatic rings. The molecule has 20 heavy (non-hydrogen) atoms. The number of imidazole rings is 1. The van der Waals surface area contributed by atoms with E-state index in [-0.39, 0.29) is 0 Å². The molecule has 3 heterocycles. The van der Waals surface area contributed by atoms with Crippen LogP contribution in [0.3, 0.4) is 0 Å². The van der Waals surface area contributed by atoms with E-state index in [9.17, 15) is 0 Å². The maximum atomic E-state index is 4.75. The van der Waals surface area contributed by atoms with Crippen LogP contribution >= 0.6 is 11.3 Å². The van der Waals surface area contributed by atoms with Crippen molar-refractivity contribution < 1.29 is 0 Å². The topological polar surface area (TPSA) is 47.2 Å². The van der Waals surface area contributed by atoms with Crippen LogP contribution in [0.25, 0.3) is 10.8 Å². The lowest BCUT2D eigenvalue weighted by Crippen LogP contribution is -2.15. The Morgan fingerprint density at radius 1 is 1.30 bits per heavy atom. The van der Waals surface area contributed by atoms with Gasteiger partial charge in [0.1, 0.15) is 0 Å². The largest absolute Gasteiger partial charge is 0.311 e. The molecule has 0 aliphatic carbocycles. The first-order valence-electron chi connectivity index (χ1n) is 6.81. The van der Waals surface area contributed by atoms with Gasteiger partial charge in [-0.15, -0.1) is 11.3 Å². The Bertz CT molecular complexity index is 749. The highest BCUT2D eigenvalue weighted by molar-refractivity contribution is 7.15. The number of rotatable bonds is 4. The Hall–Kier alpha value is -1.66. The van der Waals surface area contributed by atoms with Crippen LogP contribution in [0.1, 0.15) is 29.6 Å². The summed E-state index contributed by atoms with van der Waals surface area (Å²) in [4.78, 5) is 5.77. The second-order valence-corrected chi connectivity index (χ2v) is 5.80. The van der Waals surface area contributed by atoms with Crippen LogP contribution in [0, 0.1) is 20.8 Å². The molecule has 3 aromatic heterocycles. The number of hydrogen-bond donors (Lipinski definition) is 1. The van der Waals surface area contributed by atoms with E-state index in [1.807, 2.05) is 11.6 Å². The molecule has 0 aromatic carbocycles.